The van der Waals surface area contributed by atoms with E-state index in [1.54, 1.807) is 30.3 Å². The van der Waals surface area contributed by atoms with Crippen molar-refractivity contribution < 1.29 is 14.3 Å². The molecule has 0 aliphatic carbocycles. The first-order chi connectivity index (χ1) is 10.5. The number of ether oxygens (including phenoxy) is 1. The largest absolute Gasteiger partial charge is 0.489 e. The quantitative estimate of drug-likeness (QED) is 0.853. The lowest BCUT2D eigenvalue weighted by Crippen LogP contribution is -2.14. The number of benzene rings is 2. The predicted octanol–water partition coefficient (Wildman–Crippen LogP) is 3.85. The monoisotopic (exact) mass is 297 g/mol. The molecule has 0 fully saturated rings. The summed E-state index contributed by atoms with van der Waals surface area (Å²) in [6, 6.07) is 12.2. The van der Waals surface area contributed by atoms with Gasteiger partial charge in [0.15, 0.2) is 0 Å². The van der Waals surface area contributed by atoms with Crippen LogP contribution in [0.3, 0.4) is 0 Å². The van der Waals surface area contributed by atoms with Crippen LogP contribution in [0.4, 0.5) is 5.69 Å². The number of amides is 1. The molecule has 0 aromatic heterocycles. The van der Waals surface area contributed by atoms with Gasteiger partial charge in [-0.25, -0.2) is 0 Å². The molecule has 0 heterocycles. The molecular weight excluding hydrogens is 278 g/mol. The second-order valence-electron chi connectivity index (χ2n) is 5.36. The minimum Gasteiger partial charge on any atom is -0.489 e. The highest BCUT2D eigenvalue weighted by Gasteiger charge is 2.12. The van der Waals surface area contributed by atoms with Gasteiger partial charge in [-0.05, 0) is 51.1 Å². The molecule has 4 nitrogen and oxygen atoms in total. The minimum atomic E-state index is -0.239. The number of anilines is 1. The second-order valence-corrected chi connectivity index (χ2v) is 5.36. The van der Waals surface area contributed by atoms with Gasteiger partial charge in [-0.1, -0.05) is 17.7 Å². The molecule has 0 aliphatic rings. The molecule has 114 valence electrons. The van der Waals surface area contributed by atoms with Crippen molar-refractivity contribution in [3.63, 3.8) is 0 Å². The third kappa shape index (κ3) is 3.95. The van der Waals surface area contributed by atoms with E-state index in [0.29, 0.717) is 22.6 Å². The number of aryl methyl sites for hydroxylation is 1. The molecule has 0 bridgehead atoms. The van der Waals surface area contributed by atoms with Crippen LogP contribution in [0.2, 0.25) is 0 Å². The molecule has 4 heteroatoms. The van der Waals surface area contributed by atoms with E-state index >= 15 is 0 Å². The normalized spacial score (nSPS) is 10.4. The average Bonchev–Trinajstić information content (AvgIpc) is 2.49. The van der Waals surface area contributed by atoms with E-state index in [0.717, 1.165) is 11.8 Å². The van der Waals surface area contributed by atoms with E-state index in [4.69, 9.17) is 4.74 Å². The molecule has 0 spiro atoms. The lowest BCUT2D eigenvalue weighted by Gasteiger charge is -2.15. The summed E-state index contributed by atoms with van der Waals surface area (Å²) in [7, 11) is 0. The number of aldehydes is 1. The van der Waals surface area contributed by atoms with E-state index in [2.05, 4.69) is 5.32 Å². The molecule has 0 unspecified atom stereocenters. The maximum absolute atomic E-state index is 12.3. The van der Waals surface area contributed by atoms with Crippen molar-refractivity contribution in [2.45, 2.75) is 26.9 Å². The van der Waals surface area contributed by atoms with Gasteiger partial charge in [0.25, 0.3) is 5.91 Å². The van der Waals surface area contributed by atoms with Crippen LogP contribution in [0.1, 0.15) is 40.1 Å². The van der Waals surface area contributed by atoms with Gasteiger partial charge in [-0.15, -0.1) is 0 Å². The van der Waals surface area contributed by atoms with Crippen LogP contribution in [-0.4, -0.2) is 18.3 Å². The third-order valence-corrected chi connectivity index (χ3v) is 3.06. The van der Waals surface area contributed by atoms with Crippen LogP contribution >= 0.6 is 0 Å². The minimum absolute atomic E-state index is 0.0305. The summed E-state index contributed by atoms with van der Waals surface area (Å²) in [6.45, 7) is 5.77. The maximum atomic E-state index is 12.3. The molecule has 1 amide bonds. The summed E-state index contributed by atoms with van der Waals surface area (Å²) in [5.41, 5.74) is 2.61. The van der Waals surface area contributed by atoms with Gasteiger partial charge in [-0.2, -0.15) is 0 Å². The summed E-state index contributed by atoms with van der Waals surface area (Å²) < 4.78 is 5.67. The number of hydrogen-bond acceptors (Lipinski definition) is 3. The van der Waals surface area contributed by atoms with Gasteiger partial charge in [-0.3, -0.25) is 9.59 Å². The molecule has 2 aromatic rings. The highest BCUT2D eigenvalue weighted by Crippen LogP contribution is 2.27. The summed E-state index contributed by atoms with van der Waals surface area (Å²) in [6.07, 6.45) is 0.706. The van der Waals surface area contributed by atoms with E-state index in [1.165, 1.54) is 0 Å². The fourth-order valence-electron chi connectivity index (χ4n) is 1.97. The Morgan fingerprint density at radius 1 is 1.14 bits per heavy atom. The van der Waals surface area contributed by atoms with Gasteiger partial charge in [0.1, 0.15) is 12.0 Å². The summed E-state index contributed by atoms with van der Waals surface area (Å²) in [5, 5.41) is 2.80. The zero-order chi connectivity index (χ0) is 16.1. The summed E-state index contributed by atoms with van der Waals surface area (Å²) >= 11 is 0. The van der Waals surface area contributed by atoms with Crippen molar-refractivity contribution in [1.29, 1.82) is 0 Å². The highest BCUT2D eigenvalue weighted by molar-refractivity contribution is 6.05. The molecular formula is C18H19NO3. The third-order valence-electron chi connectivity index (χ3n) is 3.06. The number of carbonyl (C=O) groups excluding carboxylic acids is 2. The number of carbonyl (C=O) groups is 2. The Kier molecular flexibility index (Phi) is 4.94. The van der Waals surface area contributed by atoms with Gasteiger partial charge in [0.05, 0.1) is 11.8 Å². The number of rotatable bonds is 5. The van der Waals surface area contributed by atoms with Crippen molar-refractivity contribution in [3.05, 3.63) is 59.2 Å². The number of nitrogens with one attached hydrogen (secondary N) is 1. The van der Waals surface area contributed by atoms with E-state index in [9.17, 15) is 9.59 Å². The molecule has 0 saturated carbocycles. The van der Waals surface area contributed by atoms with Crippen LogP contribution in [-0.2, 0) is 0 Å². The van der Waals surface area contributed by atoms with E-state index in [-0.39, 0.29) is 12.0 Å². The van der Waals surface area contributed by atoms with E-state index < -0.39 is 0 Å². The van der Waals surface area contributed by atoms with Crippen molar-refractivity contribution in [1.82, 2.24) is 0 Å². The Labute approximate surface area is 130 Å². The summed E-state index contributed by atoms with van der Waals surface area (Å²) in [5.74, 6) is 0.303. The topological polar surface area (TPSA) is 55.4 Å². The van der Waals surface area contributed by atoms with Crippen LogP contribution in [0.5, 0.6) is 5.75 Å². The lowest BCUT2D eigenvalue weighted by molar-refractivity contribution is 0.102. The molecule has 2 aromatic carbocycles. The van der Waals surface area contributed by atoms with Crippen molar-refractivity contribution in [3.8, 4) is 5.75 Å². The first-order valence-corrected chi connectivity index (χ1v) is 7.13. The Hall–Kier alpha value is -2.62. The van der Waals surface area contributed by atoms with E-state index in [1.807, 2.05) is 32.9 Å². The second kappa shape index (κ2) is 6.89. The van der Waals surface area contributed by atoms with Crippen molar-refractivity contribution >= 4 is 17.9 Å². The first-order valence-electron chi connectivity index (χ1n) is 7.13. The molecule has 22 heavy (non-hydrogen) atoms. The maximum Gasteiger partial charge on any atom is 0.255 e. The fraction of sp³-hybridized carbons (Fsp3) is 0.222. The SMILES string of the molecule is Cc1ccc(C(=O)Nc2cc(C=O)ccc2OC(C)C)cc1. The van der Waals surface area contributed by atoms with Gasteiger partial charge in [0.2, 0.25) is 0 Å². The predicted molar refractivity (Wildman–Crippen MR) is 86.7 cm³/mol. The van der Waals surface area contributed by atoms with Crippen LogP contribution in [0.25, 0.3) is 0 Å². The smallest absolute Gasteiger partial charge is 0.255 e. The zero-order valence-corrected chi connectivity index (χ0v) is 12.9. The summed E-state index contributed by atoms with van der Waals surface area (Å²) in [4.78, 5) is 23.2. The molecule has 2 rings (SSSR count). The molecule has 0 radical (unpaired) electrons. The van der Waals surface area contributed by atoms with Crippen LogP contribution in [0.15, 0.2) is 42.5 Å². The molecule has 0 saturated heterocycles. The van der Waals surface area contributed by atoms with Gasteiger partial charge < -0.3 is 10.1 Å². The average molecular weight is 297 g/mol. The van der Waals surface area contributed by atoms with Crippen LogP contribution in [0, 0.1) is 6.92 Å². The molecule has 1 N–H and O–H groups in total. The molecule has 0 aliphatic heterocycles. The first kappa shape index (κ1) is 15.8. The Morgan fingerprint density at radius 2 is 1.82 bits per heavy atom. The van der Waals surface area contributed by atoms with Crippen molar-refractivity contribution in [2.75, 3.05) is 5.32 Å². The highest BCUT2D eigenvalue weighted by atomic mass is 16.5. The standard InChI is InChI=1S/C18H19NO3/c1-12(2)22-17-9-6-14(11-20)10-16(17)19-18(21)15-7-4-13(3)5-8-15/h4-12H,1-3H3,(H,19,21). The molecule has 0 atom stereocenters. The zero-order valence-electron chi connectivity index (χ0n) is 12.9. The lowest BCUT2D eigenvalue weighted by atomic mass is 10.1. The number of hydrogen-bond donors (Lipinski definition) is 1. The Bertz CT molecular complexity index is 675. The van der Waals surface area contributed by atoms with Gasteiger partial charge in [0, 0.05) is 11.1 Å². The fourth-order valence-corrected chi connectivity index (χ4v) is 1.97. The Morgan fingerprint density at radius 3 is 2.41 bits per heavy atom. The van der Waals surface area contributed by atoms with Gasteiger partial charge >= 0.3 is 0 Å². The van der Waals surface area contributed by atoms with Crippen LogP contribution < -0.4 is 10.1 Å². The Balaban J connectivity index is 2.27. The van der Waals surface area contributed by atoms with Crippen molar-refractivity contribution in [2.24, 2.45) is 0 Å².